The number of carbonyl (C=O) groups excluding carboxylic acids is 1. The van der Waals surface area contributed by atoms with Gasteiger partial charge in [0.1, 0.15) is 10.3 Å². The summed E-state index contributed by atoms with van der Waals surface area (Å²) in [6.07, 6.45) is 3.38. The summed E-state index contributed by atoms with van der Waals surface area (Å²) in [6, 6.07) is 8.32. The minimum Gasteiger partial charge on any atom is -0.360 e. The predicted molar refractivity (Wildman–Crippen MR) is 110 cm³/mol. The molecular formula is C19H16N6O3S. The molecule has 1 aliphatic rings. The summed E-state index contributed by atoms with van der Waals surface area (Å²) in [5.74, 6) is -0.123. The van der Waals surface area contributed by atoms with Crippen molar-refractivity contribution in [2.75, 3.05) is 31.1 Å². The molecule has 9 nitrogen and oxygen atoms in total. The first-order valence-corrected chi connectivity index (χ1v) is 9.93. The molecule has 3 aromatic heterocycles. The van der Waals surface area contributed by atoms with Gasteiger partial charge in [0.25, 0.3) is 11.6 Å². The third-order valence-corrected chi connectivity index (χ3v) is 6.14. The monoisotopic (exact) mass is 408 g/mol. The molecule has 0 atom stereocenters. The highest BCUT2D eigenvalue weighted by atomic mass is 32.1. The number of hydrogen-bond donors (Lipinski definition) is 1. The number of benzene rings is 1. The van der Waals surface area contributed by atoms with E-state index in [1.165, 1.54) is 12.1 Å². The fourth-order valence-corrected chi connectivity index (χ4v) is 4.52. The first-order chi connectivity index (χ1) is 14.1. The zero-order chi connectivity index (χ0) is 20.0. The highest BCUT2D eigenvalue weighted by Crippen LogP contribution is 2.29. The number of hydrogen-bond acceptors (Lipinski definition) is 7. The Balaban J connectivity index is 1.34. The van der Waals surface area contributed by atoms with Crippen molar-refractivity contribution in [1.29, 1.82) is 0 Å². The molecule has 1 fully saturated rings. The molecule has 146 valence electrons. The predicted octanol–water partition coefficient (Wildman–Crippen LogP) is 3.04. The van der Waals surface area contributed by atoms with Crippen LogP contribution in [0.1, 0.15) is 10.4 Å². The van der Waals surface area contributed by atoms with Crippen LogP contribution in [0, 0.1) is 10.1 Å². The molecule has 4 aromatic rings. The first-order valence-electron chi connectivity index (χ1n) is 9.11. The number of rotatable bonds is 3. The standard InChI is InChI=1S/C19H16N6O3S/c26-18(14-11-21-15-4-3-12(25(27)28)10-13(14)15)23-6-8-24(9-7-23)19-22-16-2-1-5-20-17(16)29-19/h1-5,10-11,21H,6-9H2. The highest BCUT2D eigenvalue weighted by molar-refractivity contribution is 7.21. The van der Waals surface area contributed by atoms with Gasteiger partial charge in [-0.15, -0.1) is 0 Å². The van der Waals surface area contributed by atoms with Crippen LogP contribution in [0.25, 0.3) is 21.3 Å². The van der Waals surface area contributed by atoms with Crippen molar-refractivity contribution in [3.8, 4) is 0 Å². The lowest BCUT2D eigenvalue weighted by Crippen LogP contribution is -2.48. The number of amides is 1. The van der Waals surface area contributed by atoms with Crippen molar-refractivity contribution in [2.45, 2.75) is 0 Å². The zero-order valence-corrected chi connectivity index (χ0v) is 16.1. The van der Waals surface area contributed by atoms with Gasteiger partial charge in [0.2, 0.25) is 0 Å². The van der Waals surface area contributed by atoms with Gasteiger partial charge < -0.3 is 14.8 Å². The van der Waals surface area contributed by atoms with E-state index in [1.807, 2.05) is 12.1 Å². The Kier molecular flexibility index (Phi) is 4.13. The Hall–Kier alpha value is -3.53. The number of carbonyl (C=O) groups is 1. The van der Waals surface area contributed by atoms with Crippen LogP contribution in [0.4, 0.5) is 10.8 Å². The largest absolute Gasteiger partial charge is 0.360 e. The summed E-state index contributed by atoms with van der Waals surface area (Å²) in [4.78, 5) is 40.5. The lowest BCUT2D eigenvalue weighted by molar-refractivity contribution is -0.384. The van der Waals surface area contributed by atoms with E-state index < -0.39 is 4.92 Å². The van der Waals surface area contributed by atoms with Gasteiger partial charge >= 0.3 is 0 Å². The fourth-order valence-electron chi connectivity index (χ4n) is 3.56. The number of nitro benzene ring substituents is 1. The van der Waals surface area contributed by atoms with E-state index in [9.17, 15) is 14.9 Å². The summed E-state index contributed by atoms with van der Waals surface area (Å²) >= 11 is 1.55. The van der Waals surface area contributed by atoms with Crippen molar-refractivity contribution >= 4 is 49.3 Å². The molecule has 29 heavy (non-hydrogen) atoms. The van der Waals surface area contributed by atoms with E-state index >= 15 is 0 Å². The Labute approximate surface area is 168 Å². The minimum atomic E-state index is -0.452. The number of nitrogens with one attached hydrogen (secondary N) is 1. The molecule has 1 N–H and O–H groups in total. The van der Waals surface area contributed by atoms with Crippen LogP contribution in [-0.2, 0) is 0 Å². The number of piperazine rings is 1. The maximum absolute atomic E-state index is 13.0. The molecule has 0 saturated carbocycles. The van der Waals surface area contributed by atoms with Crippen molar-refractivity contribution in [1.82, 2.24) is 19.9 Å². The Morgan fingerprint density at radius 3 is 2.79 bits per heavy atom. The van der Waals surface area contributed by atoms with E-state index in [0.717, 1.165) is 15.5 Å². The lowest BCUT2D eigenvalue weighted by Gasteiger charge is -2.34. The van der Waals surface area contributed by atoms with Crippen LogP contribution in [0.5, 0.6) is 0 Å². The normalized spacial score (nSPS) is 14.6. The summed E-state index contributed by atoms with van der Waals surface area (Å²) in [5.41, 5.74) is 2.02. The number of H-pyrrole nitrogens is 1. The summed E-state index contributed by atoms with van der Waals surface area (Å²) in [6.45, 7) is 2.47. The third-order valence-electron chi connectivity index (χ3n) is 5.10. The van der Waals surface area contributed by atoms with Crippen molar-refractivity contribution in [2.24, 2.45) is 0 Å². The second kappa shape index (κ2) is 6.82. The van der Waals surface area contributed by atoms with Gasteiger partial charge in [-0.05, 0) is 18.2 Å². The Bertz CT molecular complexity index is 1210. The molecule has 1 saturated heterocycles. The van der Waals surface area contributed by atoms with Gasteiger partial charge in [-0.3, -0.25) is 14.9 Å². The number of non-ortho nitro benzene ring substituents is 1. The molecule has 0 unspecified atom stereocenters. The molecule has 1 aliphatic heterocycles. The van der Waals surface area contributed by atoms with Crippen LogP contribution in [-0.4, -0.2) is 56.9 Å². The fraction of sp³-hybridized carbons (Fsp3) is 0.211. The van der Waals surface area contributed by atoms with Crippen molar-refractivity contribution in [3.63, 3.8) is 0 Å². The van der Waals surface area contributed by atoms with Crippen LogP contribution < -0.4 is 4.90 Å². The molecule has 0 spiro atoms. The summed E-state index contributed by atoms with van der Waals surface area (Å²) in [7, 11) is 0. The van der Waals surface area contributed by atoms with Gasteiger partial charge in [-0.25, -0.2) is 9.97 Å². The SMILES string of the molecule is O=C(c1c[nH]c2ccc([N+](=O)[O-])cc12)N1CCN(c2nc3cccnc3s2)CC1. The number of nitrogens with zero attached hydrogens (tertiary/aromatic N) is 5. The Morgan fingerprint density at radius 2 is 2.03 bits per heavy atom. The quantitative estimate of drug-likeness (QED) is 0.412. The lowest BCUT2D eigenvalue weighted by atomic mass is 10.1. The average Bonchev–Trinajstić information content (AvgIpc) is 3.37. The minimum absolute atomic E-state index is 0.0274. The number of nitro groups is 1. The maximum Gasteiger partial charge on any atom is 0.270 e. The first kappa shape index (κ1) is 17.6. The van der Waals surface area contributed by atoms with Crippen molar-refractivity contribution < 1.29 is 9.72 Å². The molecule has 10 heteroatoms. The number of thiazole rings is 1. The van der Waals surface area contributed by atoms with E-state index in [0.29, 0.717) is 42.6 Å². The average molecular weight is 408 g/mol. The third kappa shape index (κ3) is 3.07. The number of pyridine rings is 1. The molecule has 4 heterocycles. The van der Waals surface area contributed by atoms with Crippen LogP contribution in [0.3, 0.4) is 0 Å². The molecule has 5 rings (SSSR count). The summed E-state index contributed by atoms with van der Waals surface area (Å²) in [5, 5.41) is 12.6. The van der Waals surface area contributed by atoms with Gasteiger partial charge in [0.05, 0.1) is 10.5 Å². The van der Waals surface area contributed by atoms with Gasteiger partial charge in [-0.2, -0.15) is 0 Å². The maximum atomic E-state index is 13.0. The van der Waals surface area contributed by atoms with E-state index in [2.05, 4.69) is 19.9 Å². The molecular weight excluding hydrogens is 392 g/mol. The van der Waals surface area contributed by atoms with E-state index in [1.54, 1.807) is 34.7 Å². The molecule has 0 radical (unpaired) electrons. The topological polar surface area (TPSA) is 108 Å². The number of fused-ring (bicyclic) bond motifs is 2. The number of aromatic amines is 1. The van der Waals surface area contributed by atoms with E-state index in [-0.39, 0.29) is 11.6 Å². The molecule has 0 aliphatic carbocycles. The van der Waals surface area contributed by atoms with Crippen LogP contribution in [0.15, 0.2) is 42.7 Å². The number of anilines is 1. The van der Waals surface area contributed by atoms with Gasteiger partial charge in [0.15, 0.2) is 5.13 Å². The van der Waals surface area contributed by atoms with Crippen molar-refractivity contribution in [3.05, 3.63) is 58.4 Å². The zero-order valence-electron chi connectivity index (χ0n) is 15.2. The molecule has 1 amide bonds. The smallest absolute Gasteiger partial charge is 0.270 e. The molecule has 1 aromatic carbocycles. The van der Waals surface area contributed by atoms with Gasteiger partial charge in [0, 0.05) is 61.6 Å². The second-order valence-electron chi connectivity index (χ2n) is 6.79. The van der Waals surface area contributed by atoms with Crippen LogP contribution in [0.2, 0.25) is 0 Å². The number of aromatic nitrogens is 3. The Morgan fingerprint density at radius 1 is 1.21 bits per heavy atom. The van der Waals surface area contributed by atoms with Crippen LogP contribution >= 0.6 is 11.3 Å². The second-order valence-corrected chi connectivity index (χ2v) is 7.75. The van der Waals surface area contributed by atoms with Gasteiger partial charge in [-0.1, -0.05) is 11.3 Å². The molecule has 0 bridgehead atoms. The highest BCUT2D eigenvalue weighted by Gasteiger charge is 2.26. The summed E-state index contributed by atoms with van der Waals surface area (Å²) < 4.78 is 0. The van der Waals surface area contributed by atoms with E-state index in [4.69, 9.17) is 0 Å².